The van der Waals surface area contributed by atoms with Gasteiger partial charge in [-0.2, -0.15) is 5.10 Å². The molecule has 1 atom stereocenters. The second-order valence-corrected chi connectivity index (χ2v) is 8.70. The van der Waals surface area contributed by atoms with E-state index >= 15 is 0 Å². The number of rotatable bonds is 12. The van der Waals surface area contributed by atoms with Gasteiger partial charge in [0.1, 0.15) is 5.82 Å². The summed E-state index contributed by atoms with van der Waals surface area (Å²) >= 11 is 0. The summed E-state index contributed by atoms with van der Waals surface area (Å²) in [7, 11) is 0. The Hall–Kier alpha value is -3.15. The van der Waals surface area contributed by atoms with Crippen molar-refractivity contribution in [2.75, 3.05) is 0 Å². The van der Waals surface area contributed by atoms with Crippen molar-refractivity contribution in [2.45, 2.75) is 78.3 Å². The van der Waals surface area contributed by atoms with Crippen LogP contribution < -0.4 is 5.69 Å². The minimum absolute atomic E-state index is 0.0618. The van der Waals surface area contributed by atoms with Gasteiger partial charge in [0.2, 0.25) is 0 Å². The highest BCUT2D eigenvalue weighted by molar-refractivity contribution is 5.95. The molecule has 1 heterocycles. The zero-order valence-corrected chi connectivity index (χ0v) is 20.0. The molecule has 0 aliphatic carbocycles. The Morgan fingerprint density at radius 3 is 2.36 bits per heavy atom. The topological polar surface area (TPSA) is 77.1 Å². The van der Waals surface area contributed by atoms with Gasteiger partial charge in [0, 0.05) is 6.42 Å². The largest absolute Gasteiger partial charge is 0.478 e. The van der Waals surface area contributed by atoms with Gasteiger partial charge in [0.05, 0.1) is 18.2 Å². The van der Waals surface area contributed by atoms with E-state index in [1.165, 1.54) is 19.3 Å². The molecule has 2 aromatic carbocycles. The molecule has 0 amide bonds. The highest BCUT2D eigenvalue weighted by Crippen LogP contribution is 2.24. The molecule has 33 heavy (non-hydrogen) atoms. The molecular weight excluding hydrogens is 414 g/mol. The zero-order valence-electron chi connectivity index (χ0n) is 20.0. The third kappa shape index (κ3) is 6.01. The van der Waals surface area contributed by atoms with Crippen LogP contribution in [0.25, 0.3) is 11.1 Å². The lowest BCUT2D eigenvalue weighted by Gasteiger charge is -2.09. The number of carboxylic acids is 1. The van der Waals surface area contributed by atoms with Crippen LogP contribution in [0.2, 0.25) is 0 Å². The standard InChI is InChI=1S/C27H35N3O3/c1-4-6-7-8-9-14-25-28-30(20(3)5-2)27(33)29(25)19-21-15-17-22(18-16-21)23-12-10-11-13-24(23)26(31)32/h10-13,15-18,20H,4-9,14,19H2,1-3H3,(H,31,32). The average Bonchev–Trinajstić information content (AvgIpc) is 3.14. The predicted octanol–water partition coefficient (Wildman–Crippen LogP) is 5.94. The van der Waals surface area contributed by atoms with Crippen molar-refractivity contribution in [2.24, 2.45) is 0 Å². The van der Waals surface area contributed by atoms with Crippen LogP contribution in [-0.2, 0) is 13.0 Å². The van der Waals surface area contributed by atoms with Crippen LogP contribution in [0.3, 0.4) is 0 Å². The first-order valence-corrected chi connectivity index (χ1v) is 12.1. The van der Waals surface area contributed by atoms with Crippen molar-refractivity contribution >= 4 is 5.97 Å². The molecule has 0 radical (unpaired) electrons. The van der Waals surface area contributed by atoms with E-state index in [4.69, 9.17) is 5.10 Å². The summed E-state index contributed by atoms with van der Waals surface area (Å²) < 4.78 is 3.42. The quantitative estimate of drug-likeness (QED) is 0.347. The van der Waals surface area contributed by atoms with Gasteiger partial charge >= 0.3 is 11.7 Å². The molecule has 0 saturated heterocycles. The first-order chi connectivity index (χ1) is 16.0. The number of carboxylic acid groups (broad SMARTS) is 1. The summed E-state index contributed by atoms with van der Waals surface area (Å²) in [5, 5.41) is 14.2. The fourth-order valence-corrected chi connectivity index (χ4v) is 4.04. The van der Waals surface area contributed by atoms with Crippen LogP contribution >= 0.6 is 0 Å². The van der Waals surface area contributed by atoms with Crippen LogP contribution in [0.5, 0.6) is 0 Å². The molecule has 0 spiro atoms. The van der Waals surface area contributed by atoms with Crippen LogP contribution in [0.1, 0.15) is 87.1 Å². The molecule has 1 unspecified atom stereocenters. The molecule has 3 rings (SSSR count). The van der Waals surface area contributed by atoms with Crippen LogP contribution in [0.4, 0.5) is 0 Å². The fourth-order valence-electron chi connectivity index (χ4n) is 4.04. The van der Waals surface area contributed by atoms with Gasteiger partial charge in [-0.1, -0.05) is 82.0 Å². The predicted molar refractivity (Wildman–Crippen MR) is 132 cm³/mol. The molecule has 0 aliphatic rings. The molecular formula is C27H35N3O3. The third-order valence-corrected chi connectivity index (χ3v) is 6.24. The summed E-state index contributed by atoms with van der Waals surface area (Å²) in [6.45, 7) is 6.75. The number of hydrogen-bond acceptors (Lipinski definition) is 3. The second kappa shape index (κ2) is 11.6. The third-order valence-electron chi connectivity index (χ3n) is 6.24. The van der Waals surface area contributed by atoms with Crippen LogP contribution in [0, 0.1) is 0 Å². The molecule has 176 valence electrons. The number of hydrogen-bond donors (Lipinski definition) is 1. The maximum absolute atomic E-state index is 13.1. The van der Waals surface area contributed by atoms with Crippen LogP contribution in [0.15, 0.2) is 53.3 Å². The molecule has 6 heteroatoms. The maximum Gasteiger partial charge on any atom is 0.346 e. The minimum Gasteiger partial charge on any atom is -0.478 e. The molecule has 0 aliphatic heterocycles. The van der Waals surface area contributed by atoms with Gasteiger partial charge in [-0.25, -0.2) is 14.3 Å². The number of aromatic carboxylic acids is 1. The monoisotopic (exact) mass is 449 g/mol. The lowest BCUT2D eigenvalue weighted by Crippen LogP contribution is -2.27. The van der Waals surface area contributed by atoms with Crippen LogP contribution in [-0.4, -0.2) is 25.4 Å². The van der Waals surface area contributed by atoms with Crippen molar-refractivity contribution in [3.8, 4) is 11.1 Å². The molecule has 1 aromatic heterocycles. The molecule has 3 aromatic rings. The minimum atomic E-state index is -0.942. The van der Waals surface area contributed by atoms with Crippen molar-refractivity contribution in [3.63, 3.8) is 0 Å². The van der Waals surface area contributed by atoms with Gasteiger partial charge in [0.25, 0.3) is 0 Å². The fraction of sp³-hybridized carbons (Fsp3) is 0.444. The maximum atomic E-state index is 13.1. The highest BCUT2D eigenvalue weighted by atomic mass is 16.4. The summed E-state index contributed by atoms with van der Waals surface area (Å²) in [6.07, 6.45) is 7.49. The Morgan fingerprint density at radius 2 is 1.70 bits per heavy atom. The first kappa shape index (κ1) is 24.5. The summed E-state index contributed by atoms with van der Waals surface area (Å²) in [6, 6.07) is 14.8. The van der Waals surface area contributed by atoms with Crippen molar-refractivity contribution in [1.82, 2.24) is 14.3 Å². The summed E-state index contributed by atoms with van der Waals surface area (Å²) in [5.74, 6) is -0.0978. The Balaban J connectivity index is 1.84. The zero-order chi connectivity index (χ0) is 23.8. The lowest BCUT2D eigenvalue weighted by atomic mass is 9.99. The van der Waals surface area contributed by atoms with Gasteiger partial charge < -0.3 is 5.11 Å². The number of benzene rings is 2. The van der Waals surface area contributed by atoms with E-state index < -0.39 is 5.97 Å². The second-order valence-electron chi connectivity index (χ2n) is 8.70. The Labute approximate surface area is 195 Å². The molecule has 1 N–H and O–H groups in total. The number of aromatic nitrogens is 3. The molecule has 6 nitrogen and oxygen atoms in total. The van der Waals surface area contributed by atoms with E-state index in [1.807, 2.05) is 43.3 Å². The number of nitrogens with zero attached hydrogens (tertiary/aromatic N) is 3. The van der Waals surface area contributed by atoms with Gasteiger partial charge in [-0.15, -0.1) is 0 Å². The molecule has 0 bridgehead atoms. The SMILES string of the molecule is CCCCCCCc1nn(C(C)CC)c(=O)n1Cc1ccc(-c2ccccc2C(=O)O)cc1. The average molecular weight is 450 g/mol. The van der Waals surface area contributed by atoms with E-state index in [0.29, 0.717) is 12.1 Å². The number of aryl methyl sites for hydroxylation is 1. The van der Waals surface area contributed by atoms with Crippen molar-refractivity contribution in [1.29, 1.82) is 0 Å². The van der Waals surface area contributed by atoms with E-state index in [0.717, 1.165) is 42.6 Å². The number of carbonyl (C=O) groups is 1. The molecule has 0 saturated carbocycles. The smallest absolute Gasteiger partial charge is 0.346 e. The molecule has 0 fully saturated rings. The Morgan fingerprint density at radius 1 is 1.00 bits per heavy atom. The lowest BCUT2D eigenvalue weighted by molar-refractivity contribution is 0.0697. The summed E-state index contributed by atoms with van der Waals surface area (Å²) in [5.41, 5.74) is 2.74. The van der Waals surface area contributed by atoms with E-state index in [1.54, 1.807) is 21.4 Å². The van der Waals surface area contributed by atoms with Gasteiger partial charge in [0.15, 0.2) is 0 Å². The normalized spacial score (nSPS) is 12.1. The van der Waals surface area contributed by atoms with E-state index in [-0.39, 0.29) is 17.3 Å². The first-order valence-electron chi connectivity index (χ1n) is 12.1. The van der Waals surface area contributed by atoms with Gasteiger partial charge in [-0.3, -0.25) is 4.57 Å². The van der Waals surface area contributed by atoms with Gasteiger partial charge in [-0.05, 0) is 42.5 Å². The summed E-state index contributed by atoms with van der Waals surface area (Å²) in [4.78, 5) is 24.7. The number of unbranched alkanes of at least 4 members (excludes halogenated alkanes) is 4. The van der Waals surface area contributed by atoms with E-state index in [2.05, 4.69) is 13.8 Å². The Bertz CT molecular complexity index is 1110. The van der Waals surface area contributed by atoms with E-state index in [9.17, 15) is 14.7 Å². The Kier molecular flexibility index (Phi) is 8.64. The highest BCUT2D eigenvalue weighted by Gasteiger charge is 2.17. The van der Waals surface area contributed by atoms with Crippen molar-refractivity contribution < 1.29 is 9.90 Å². The van der Waals surface area contributed by atoms with Crippen molar-refractivity contribution in [3.05, 3.63) is 76.0 Å².